The average Bonchev–Trinajstić information content (AvgIpc) is 3.12. The summed E-state index contributed by atoms with van der Waals surface area (Å²) in [7, 11) is 3.66. The molecule has 3 amide bonds. The van der Waals surface area contributed by atoms with Gasteiger partial charge >= 0.3 is 6.03 Å². The number of fused-ring (bicyclic) bond motifs is 1. The zero-order chi connectivity index (χ0) is 33.3. The van der Waals surface area contributed by atoms with Gasteiger partial charge in [-0.1, -0.05) is 61.5 Å². The normalized spacial score (nSPS) is 17.1. The number of ether oxygens (including phenoxy) is 2. The third-order valence-corrected chi connectivity index (χ3v) is 8.53. The number of anilines is 2. The highest BCUT2D eigenvalue weighted by atomic mass is 16.5. The molecule has 0 aliphatic carbocycles. The topological polar surface area (TPSA) is 103 Å². The Morgan fingerprint density at radius 2 is 1.64 bits per heavy atom. The Kier molecular flexibility index (Phi) is 11.1. The molecule has 0 unspecified atom stereocenters. The summed E-state index contributed by atoms with van der Waals surface area (Å²) in [4.78, 5) is 30.4. The molecule has 9 nitrogen and oxygen atoms in total. The van der Waals surface area contributed by atoms with E-state index in [1.807, 2.05) is 31.2 Å². The van der Waals surface area contributed by atoms with Crippen LogP contribution < -0.4 is 20.1 Å². The van der Waals surface area contributed by atoms with Crippen LogP contribution >= 0.6 is 0 Å². The minimum Gasteiger partial charge on any atom is -0.497 e. The molecule has 47 heavy (non-hydrogen) atoms. The Labute approximate surface area is 277 Å². The largest absolute Gasteiger partial charge is 0.497 e. The molecule has 1 heterocycles. The van der Waals surface area contributed by atoms with Crippen LogP contribution in [0.1, 0.15) is 25.0 Å². The predicted molar refractivity (Wildman–Crippen MR) is 186 cm³/mol. The van der Waals surface area contributed by atoms with Crippen LogP contribution in [0.5, 0.6) is 11.5 Å². The number of hydrogen-bond acceptors (Lipinski definition) is 6. The van der Waals surface area contributed by atoms with Crippen molar-refractivity contribution in [3.05, 3.63) is 108 Å². The molecule has 0 saturated carbocycles. The van der Waals surface area contributed by atoms with Gasteiger partial charge in [0.2, 0.25) is 5.91 Å². The van der Waals surface area contributed by atoms with Crippen LogP contribution in [0.2, 0.25) is 0 Å². The Bertz CT molecular complexity index is 1630. The molecule has 0 spiro atoms. The summed E-state index contributed by atoms with van der Waals surface area (Å²) in [6.07, 6.45) is -0.156. The summed E-state index contributed by atoms with van der Waals surface area (Å²) in [5.41, 5.74) is 5.38. The molecule has 1 aliphatic heterocycles. The predicted octanol–water partition coefficient (Wildman–Crippen LogP) is 6.29. The number of benzene rings is 4. The first kappa shape index (κ1) is 33.5. The first-order chi connectivity index (χ1) is 22.7. The number of urea groups is 1. The van der Waals surface area contributed by atoms with Crippen LogP contribution in [-0.2, 0) is 17.8 Å². The Balaban J connectivity index is 1.32. The van der Waals surface area contributed by atoms with E-state index in [9.17, 15) is 14.7 Å². The van der Waals surface area contributed by atoms with E-state index in [2.05, 4.69) is 65.9 Å². The number of methoxy groups -OCH3 is 1. The maximum absolute atomic E-state index is 13.6. The van der Waals surface area contributed by atoms with Gasteiger partial charge in [-0.2, -0.15) is 0 Å². The van der Waals surface area contributed by atoms with Gasteiger partial charge in [0.25, 0.3) is 0 Å². The van der Waals surface area contributed by atoms with Crippen LogP contribution in [0.15, 0.2) is 97.1 Å². The van der Waals surface area contributed by atoms with E-state index in [0.717, 1.165) is 6.54 Å². The zero-order valence-corrected chi connectivity index (χ0v) is 27.5. The number of nitrogens with one attached hydrogen (secondary N) is 2. The third kappa shape index (κ3) is 8.90. The zero-order valence-electron chi connectivity index (χ0n) is 27.5. The monoisotopic (exact) mass is 636 g/mol. The van der Waals surface area contributed by atoms with Crippen molar-refractivity contribution in [2.45, 2.75) is 39.0 Å². The Morgan fingerprint density at radius 1 is 0.979 bits per heavy atom. The van der Waals surface area contributed by atoms with Gasteiger partial charge in [0, 0.05) is 42.5 Å². The van der Waals surface area contributed by atoms with E-state index in [4.69, 9.17) is 9.47 Å². The number of amides is 3. The molecule has 3 N–H and O–H groups in total. The summed E-state index contributed by atoms with van der Waals surface area (Å²) in [6, 6.07) is 30.6. The Hall–Kier alpha value is -4.86. The first-order valence-corrected chi connectivity index (χ1v) is 16.0. The van der Waals surface area contributed by atoms with Crippen molar-refractivity contribution in [3.63, 3.8) is 0 Å². The van der Waals surface area contributed by atoms with Gasteiger partial charge in [-0.3, -0.25) is 9.69 Å². The molecule has 0 radical (unpaired) electrons. The summed E-state index contributed by atoms with van der Waals surface area (Å²) in [5.74, 6) is 1.18. The summed E-state index contributed by atoms with van der Waals surface area (Å²) in [5, 5.41) is 15.7. The smallest absolute Gasteiger partial charge is 0.323 e. The summed E-state index contributed by atoms with van der Waals surface area (Å²) in [6.45, 7) is 5.61. The number of aliphatic hydroxyl groups excluding tert-OH is 1. The fourth-order valence-corrected chi connectivity index (χ4v) is 5.81. The maximum atomic E-state index is 13.6. The third-order valence-electron chi connectivity index (χ3n) is 8.53. The number of aliphatic hydroxyl groups is 1. The second-order valence-electron chi connectivity index (χ2n) is 12.3. The molecule has 4 aromatic rings. The highest BCUT2D eigenvalue weighted by molar-refractivity contribution is 6.00. The lowest BCUT2D eigenvalue weighted by molar-refractivity contribution is -0.134. The lowest BCUT2D eigenvalue weighted by Crippen LogP contribution is -2.47. The van der Waals surface area contributed by atoms with Crippen LogP contribution in [0.4, 0.5) is 16.2 Å². The molecular weight excluding hydrogens is 592 g/mol. The highest BCUT2D eigenvalue weighted by Crippen LogP contribution is 2.30. The van der Waals surface area contributed by atoms with Crippen molar-refractivity contribution in [1.82, 2.24) is 9.80 Å². The van der Waals surface area contributed by atoms with Crippen molar-refractivity contribution in [2.75, 3.05) is 44.5 Å². The molecule has 1 aliphatic rings. The summed E-state index contributed by atoms with van der Waals surface area (Å²) < 4.78 is 11.9. The quantitative estimate of drug-likeness (QED) is 0.189. The van der Waals surface area contributed by atoms with Crippen molar-refractivity contribution in [1.29, 1.82) is 0 Å². The van der Waals surface area contributed by atoms with Crippen molar-refractivity contribution >= 4 is 23.3 Å². The molecule has 4 aromatic carbocycles. The highest BCUT2D eigenvalue weighted by Gasteiger charge is 2.31. The van der Waals surface area contributed by atoms with Crippen LogP contribution in [0.25, 0.3) is 11.1 Å². The number of nitrogens with zero attached hydrogens (tertiary/aromatic N) is 2. The van der Waals surface area contributed by atoms with Gasteiger partial charge in [-0.15, -0.1) is 0 Å². The van der Waals surface area contributed by atoms with Crippen molar-refractivity contribution in [3.8, 4) is 22.6 Å². The van der Waals surface area contributed by atoms with E-state index < -0.39 is 6.03 Å². The second kappa shape index (κ2) is 15.6. The van der Waals surface area contributed by atoms with Gasteiger partial charge in [0.1, 0.15) is 17.6 Å². The SMILES string of the molecule is COc1ccc(NC(=O)Nc2ccc3c(c2)CC(=O)N([C@H](C)CO)C[C@H](C)[C@@H](CN(C)Cc2ccc(-c4ccccc4)cc2)O3)cc1. The molecule has 0 saturated heterocycles. The number of carbonyl (C=O) groups excluding carboxylic acids is 2. The minimum absolute atomic E-state index is 0.0186. The molecule has 3 atom stereocenters. The van der Waals surface area contributed by atoms with Crippen LogP contribution in [0, 0.1) is 5.92 Å². The van der Waals surface area contributed by atoms with Gasteiger partial charge < -0.3 is 30.1 Å². The maximum Gasteiger partial charge on any atom is 0.323 e. The number of hydrogen-bond donors (Lipinski definition) is 3. The molecular formula is C38H44N4O5. The van der Waals surface area contributed by atoms with E-state index in [0.29, 0.717) is 41.5 Å². The van der Waals surface area contributed by atoms with Crippen LogP contribution in [0.3, 0.4) is 0 Å². The van der Waals surface area contributed by atoms with E-state index >= 15 is 0 Å². The van der Waals surface area contributed by atoms with Gasteiger partial charge in [-0.05, 0) is 73.1 Å². The fraction of sp³-hybridized carbons (Fsp3) is 0.316. The van der Waals surface area contributed by atoms with Gasteiger partial charge in [-0.25, -0.2) is 4.79 Å². The molecule has 0 aromatic heterocycles. The van der Waals surface area contributed by atoms with Crippen LogP contribution in [-0.4, -0.2) is 72.8 Å². The average molecular weight is 637 g/mol. The fourth-order valence-electron chi connectivity index (χ4n) is 5.81. The number of likely N-dealkylation sites (N-methyl/N-ethyl adjacent to an activating group) is 1. The lowest BCUT2D eigenvalue weighted by atomic mass is 10.0. The molecule has 5 rings (SSSR count). The minimum atomic E-state index is -0.411. The number of rotatable bonds is 10. The van der Waals surface area contributed by atoms with E-state index in [-0.39, 0.29) is 37.0 Å². The standard InChI is InChI=1S/C38H44N4O5/c1-26-22-42(27(2)25-43)37(44)21-31-20-33(40-38(45)39-32-14-17-34(46-4)18-15-32)16-19-35(31)47-36(26)24-41(3)23-28-10-12-30(13-11-28)29-8-6-5-7-9-29/h5-20,26-27,36,43H,21-25H2,1-4H3,(H2,39,40,45)/t26-,27+,36+/m0/s1. The molecule has 9 heteroatoms. The molecule has 0 bridgehead atoms. The van der Waals surface area contributed by atoms with E-state index in [1.54, 1.807) is 48.4 Å². The Morgan fingerprint density at radius 3 is 2.32 bits per heavy atom. The van der Waals surface area contributed by atoms with Crippen molar-refractivity contribution < 1.29 is 24.2 Å². The van der Waals surface area contributed by atoms with E-state index in [1.165, 1.54) is 16.7 Å². The number of carbonyl (C=O) groups is 2. The second-order valence-corrected chi connectivity index (χ2v) is 12.3. The van der Waals surface area contributed by atoms with Crippen molar-refractivity contribution in [2.24, 2.45) is 5.92 Å². The van der Waals surface area contributed by atoms with Gasteiger partial charge in [0.05, 0.1) is 26.2 Å². The molecule has 246 valence electrons. The first-order valence-electron chi connectivity index (χ1n) is 16.0. The lowest BCUT2D eigenvalue weighted by Gasteiger charge is -2.34. The van der Waals surface area contributed by atoms with Gasteiger partial charge in [0.15, 0.2) is 0 Å². The molecule has 0 fully saturated rings. The summed E-state index contributed by atoms with van der Waals surface area (Å²) >= 11 is 0.